The lowest BCUT2D eigenvalue weighted by molar-refractivity contribution is -0.150. The number of ether oxygens (including phenoxy) is 1. The minimum Gasteiger partial charge on any atom is -0.426 e. The molecule has 0 radical (unpaired) electrons. The first-order valence-corrected chi connectivity index (χ1v) is 6.89. The average Bonchev–Trinajstić information content (AvgIpc) is 2.40. The SMILES string of the molecule is CCc1cccc(OC(=O)C(CC)(CC)C(=O)Cl)c1. The molecule has 0 heterocycles. The van der Waals surface area contributed by atoms with E-state index in [0.29, 0.717) is 18.6 Å². The van der Waals surface area contributed by atoms with Crippen molar-refractivity contribution in [3.05, 3.63) is 29.8 Å². The Hall–Kier alpha value is -1.35. The molecule has 0 spiro atoms. The van der Waals surface area contributed by atoms with Gasteiger partial charge in [0.15, 0.2) is 0 Å². The number of rotatable bonds is 6. The third-order valence-electron chi connectivity index (χ3n) is 3.49. The van der Waals surface area contributed by atoms with Gasteiger partial charge in [-0.1, -0.05) is 32.9 Å². The van der Waals surface area contributed by atoms with Gasteiger partial charge in [0.2, 0.25) is 5.24 Å². The first kappa shape index (κ1) is 15.7. The van der Waals surface area contributed by atoms with Gasteiger partial charge >= 0.3 is 5.97 Å². The van der Waals surface area contributed by atoms with Crippen molar-refractivity contribution in [2.24, 2.45) is 5.41 Å². The molecule has 19 heavy (non-hydrogen) atoms. The van der Waals surface area contributed by atoms with Crippen LogP contribution in [0.5, 0.6) is 5.75 Å². The van der Waals surface area contributed by atoms with Crippen LogP contribution in [0.4, 0.5) is 0 Å². The van der Waals surface area contributed by atoms with E-state index in [2.05, 4.69) is 0 Å². The minimum atomic E-state index is -1.25. The normalized spacial score (nSPS) is 11.2. The Morgan fingerprint density at radius 3 is 2.32 bits per heavy atom. The third kappa shape index (κ3) is 3.35. The maximum Gasteiger partial charge on any atom is 0.326 e. The topological polar surface area (TPSA) is 43.4 Å². The minimum absolute atomic E-state index is 0.331. The molecular formula is C15H19ClO3. The van der Waals surface area contributed by atoms with E-state index in [1.807, 2.05) is 19.1 Å². The Morgan fingerprint density at radius 1 is 1.21 bits per heavy atom. The van der Waals surface area contributed by atoms with Crippen LogP contribution in [0.1, 0.15) is 39.2 Å². The maximum atomic E-state index is 12.2. The van der Waals surface area contributed by atoms with E-state index < -0.39 is 16.6 Å². The summed E-state index contributed by atoms with van der Waals surface area (Å²) in [6, 6.07) is 7.28. The van der Waals surface area contributed by atoms with E-state index >= 15 is 0 Å². The van der Waals surface area contributed by atoms with Crippen LogP contribution in [0.15, 0.2) is 24.3 Å². The molecule has 0 aliphatic rings. The summed E-state index contributed by atoms with van der Waals surface area (Å²) in [4.78, 5) is 23.8. The number of benzene rings is 1. The van der Waals surface area contributed by atoms with Gasteiger partial charge < -0.3 is 4.74 Å². The molecule has 0 N–H and O–H groups in total. The monoisotopic (exact) mass is 282 g/mol. The summed E-state index contributed by atoms with van der Waals surface area (Å²) in [5, 5.41) is -0.658. The number of hydrogen-bond acceptors (Lipinski definition) is 3. The quantitative estimate of drug-likeness (QED) is 0.346. The molecule has 0 aliphatic carbocycles. The van der Waals surface area contributed by atoms with E-state index in [1.54, 1.807) is 26.0 Å². The van der Waals surface area contributed by atoms with E-state index in [4.69, 9.17) is 16.3 Å². The predicted molar refractivity (Wildman–Crippen MR) is 75.3 cm³/mol. The van der Waals surface area contributed by atoms with Crippen molar-refractivity contribution in [3.8, 4) is 5.75 Å². The fourth-order valence-corrected chi connectivity index (χ4v) is 2.27. The molecule has 0 bridgehead atoms. The van der Waals surface area contributed by atoms with E-state index in [-0.39, 0.29) is 0 Å². The van der Waals surface area contributed by atoms with Gasteiger partial charge in [0.1, 0.15) is 11.2 Å². The maximum absolute atomic E-state index is 12.2. The molecule has 0 aromatic heterocycles. The lowest BCUT2D eigenvalue weighted by Gasteiger charge is -2.24. The Bertz CT molecular complexity index is 464. The zero-order valence-corrected chi connectivity index (χ0v) is 12.3. The molecule has 0 saturated heterocycles. The summed E-state index contributed by atoms with van der Waals surface area (Å²) < 4.78 is 5.32. The second kappa shape index (κ2) is 6.71. The fraction of sp³-hybridized carbons (Fsp3) is 0.467. The molecule has 0 saturated carbocycles. The van der Waals surface area contributed by atoms with E-state index in [0.717, 1.165) is 12.0 Å². The molecule has 1 rings (SSSR count). The van der Waals surface area contributed by atoms with Crippen LogP contribution in [0.25, 0.3) is 0 Å². The number of carbonyl (C=O) groups excluding carboxylic acids is 2. The lowest BCUT2D eigenvalue weighted by Crippen LogP contribution is -2.39. The molecule has 0 unspecified atom stereocenters. The first-order chi connectivity index (χ1) is 9.00. The van der Waals surface area contributed by atoms with Gasteiger partial charge in [-0.2, -0.15) is 0 Å². The molecule has 0 aliphatic heterocycles. The Kier molecular flexibility index (Phi) is 5.55. The largest absolute Gasteiger partial charge is 0.426 e. The second-order valence-electron chi connectivity index (χ2n) is 4.45. The summed E-state index contributed by atoms with van der Waals surface area (Å²) in [5.74, 6) is -0.126. The Balaban J connectivity index is 2.96. The van der Waals surface area contributed by atoms with Crippen molar-refractivity contribution >= 4 is 22.8 Å². The molecule has 1 aromatic rings. The number of halogens is 1. The molecule has 0 fully saturated rings. The molecule has 4 heteroatoms. The number of carbonyl (C=O) groups is 2. The van der Waals surface area contributed by atoms with Gasteiger partial charge in [0.25, 0.3) is 0 Å². The van der Waals surface area contributed by atoms with Crippen LogP contribution >= 0.6 is 11.6 Å². The smallest absolute Gasteiger partial charge is 0.326 e. The molecule has 0 atom stereocenters. The highest BCUT2D eigenvalue weighted by molar-refractivity contribution is 6.66. The fourth-order valence-electron chi connectivity index (χ4n) is 1.93. The van der Waals surface area contributed by atoms with Gasteiger partial charge in [-0.3, -0.25) is 9.59 Å². The first-order valence-electron chi connectivity index (χ1n) is 6.51. The van der Waals surface area contributed by atoms with Crippen LogP contribution in [0, 0.1) is 5.41 Å². The predicted octanol–water partition coefficient (Wildman–Crippen LogP) is 3.73. The van der Waals surface area contributed by atoms with Crippen LogP contribution in [0.3, 0.4) is 0 Å². The summed E-state index contributed by atoms with van der Waals surface area (Å²) in [6.07, 6.45) is 1.52. The second-order valence-corrected chi connectivity index (χ2v) is 4.80. The highest BCUT2D eigenvalue weighted by atomic mass is 35.5. The summed E-state index contributed by atoms with van der Waals surface area (Å²) in [5.41, 5.74) is -0.176. The standard InChI is InChI=1S/C15H19ClO3/c1-4-11-8-7-9-12(10-11)19-14(18)15(5-2,6-3)13(16)17/h7-10H,4-6H2,1-3H3. The Morgan fingerprint density at radius 2 is 1.84 bits per heavy atom. The summed E-state index contributed by atoms with van der Waals surface area (Å²) in [6.45, 7) is 5.53. The van der Waals surface area contributed by atoms with Gasteiger partial charge in [-0.25, -0.2) is 0 Å². The number of esters is 1. The summed E-state index contributed by atoms with van der Waals surface area (Å²) in [7, 11) is 0. The molecular weight excluding hydrogens is 264 g/mol. The molecule has 3 nitrogen and oxygen atoms in total. The van der Waals surface area contributed by atoms with Crippen molar-refractivity contribution in [2.45, 2.75) is 40.0 Å². The zero-order valence-electron chi connectivity index (χ0n) is 11.5. The van der Waals surface area contributed by atoms with Crippen LogP contribution in [-0.4, -0.2) is 11.2 Å². The van der Waals surface area contributed by atoms with Gasteiger partial charge in [-0.05, 0) is 48.6 Å². The molecule has 104 valence electrons. The average molecular weight is 283 g/mol. The summed E-state index contributed by atoms with van der Waals surface area (Å²) >= 11 is 5.58. The van der Waals surface area contributed by atoms with Crippen LogP contribution in [0.2, 0.25) is 0 Å². The van der Waals surface area contributed by atoms with Crippen LogP contribution in [-0.2, 0) is 16.0 Å². The zero-order chi connectivity index (χ0) is 14.5. The van der Waals surface area contributed by atoms with Crippen molar-refractivity contribution in [1.29, 1.82) is 0 Å². The highest BCUT2D eigenvalue weighted by Gasteiger charge is 2.43. The van der Waals surface area contributed by atoms with Crippen LogP contribution < -0.4 is 4.74 Å². The Labute approximate surface area is 118 Å². The van der Waals surface area contributed by atoms with Gasteiger partial charge in [-0.15, -0.1) is 0 Å². The van der Waals surface area contributed by atoms with Gasteiger partial charge in [0, 0.05) is 0 Å². The van der Waals surface area contributed by atoms with Crippen molar-refractivity contribution in [2.75, 3.05) is 0 Å². The van der Waals surface area contributed by atoms with E-state index in [1.165, 1.54) is 0 Å². The highest BCUT2D eigenvalue weighted by Crippen LogP contribution is 2.32. The lowest BCUT2D eigenvalue weighted by atomic mass is 9.84. The van der Waals surface area contributed by atoms with Gasteiger partial charge in [0.05, 0.1) is 0 Å². The van der Waals surface area contributed by atoms with Crippen molar-refractivity contribution < 1.29 is 14.3 Å². The van der Waals surface area contributed by atoms with E-state index in [9.17, 15) is 9.59 Å². The van der Waals surface area contributed by atoms with Crippen molar-refractivity contribution in [1.82, 2.24) is 0 Å². The number of aryl methyl sites for hydroxylation is 1. The van der Waals surface area contributed by atoms with Crippen molar-refractivity contribution in [3.63, 3.8) is 0 Å². The molecule has 1 aromatic carbocycles. The third-order valence-corrected chi connectivity index (χ3v) is 3.85. The number of hydrogen-bond donors (Lipinski definition) is 0. The molecule has 0 amide bonds.